The molecule has 2 nitrogen and oxygen atoms in total. The second-order valence-corrected chi connectivity index (χ2v) is 6.39. The van der Waals surface area contributed by atoms with Crippen LogP contribution in [0.25, 0.3) is 11.4 Å². The van der Waals surface area contributed by atoms with Crippen LogP contribution in [0.15, 0.2) is 48.5 Å². The lowest BCUT2D eigenvalue weighted by atomic mass is 10.0. The number of hydrogen-bond acceptors (Lipinski definition) is 0. The number of aryl methyl sites for hydroxylation is 2. The molecule has 0 atom stereocenters. The fraction of sp³-hybridized carbons (Fsp3) is 0.286. The smallest absolute Gasteiger partial charge is 0.289 e. The molecule has 1 aromatic heterocycles. The summed E-state index contributed by atoms with van der Waals surface area (Å²) in [6.45, 7) is 9.72. The molecule has 0 radical (unpaired) electrons. The summed E-state index contributed by atoms with van der Waals surface area (Å²) in [5.41, 5.74) is 7.98. The van der Waals surface area contributed by atoms with Crippen LogP contribution in [-0.2, 0) is 13.6 Å². The van der Waals surface area contributed by atoms with Crippen LogP contribution < -0.4 is 28.5 Å². The van der Waals surface area contributed by atoms with Crippen LogP contribution in [0.5, 0.6) is 0 Å². The first-order valence-corrected chi connectivity index (χ1v) is 8.17. The van der Waals surface area contributed by atoms with Crippen molar-refractivity contribution in [3.63, 3.8) is 0 Å². The van der Waals surface area contributed by atoms with E-state index in [2.05, 4.69) is 92.4 Å². The summed E-state index contributed by atoms with van der Waals surface area (Å²) in [4.78, 5) is 0. The van der Waals surface area contributed by atoms with Gasteiger partial charge in [-0.15, -0.1) is 0 Å². The molecule has 2 aromatic carbocycles. The van der Waals surface area contributed by atoms with Gasteiger partial charge in [0.15, 0.2) is 0 Å². The molecule has 0 amide bonds. The number of imidazole rings is 1. The molecule has 24 heavy (non-hydrogen) atoms. The van der Waals surface area contributed by atoms with Gasteiger partial charge in [-0.05, 0) is 30.5 Å². The Kier molecular flexibility index (Phi) is 5.86. The van der Waals surface area contributed by atoms with Gasteiger partial charge in [0.1, 0.15) is 17.9 Å². The molecule has 0 fully saturated rings. The Morgan fingerprint density at radius 1 is 0.833 bits per heavy atom. The molecule has 0 saturated heterocycles. The lowest BCUT2D eigenvalue weighted by Crippen LogP contribution is -3.00. The molecule has 0 N–H and O–H groups in total. The number of aromatic nitrogens is 2. The Morgan fingerprint density at radius 3 is 2.00 bits per heavy atom. The maximum atomic E-state index is 2.44. The van der Waals surface area contributed by atoms with Crippen molar-refractivity contribution in [1.29, 1.82) is 0 Å². The average molecular weight is 432 g/mol. The molecule has 126 valence electrons. The third-order valence-corrected chi connectivity index (χ3v) is 4.89. The van der Waals surface area contributed by atoms with Crippen molar-refractivity contribution in [2.45, 2.75) is 34.2 Å². The van der Waals surface area contributed by atoms with Crippen molar-refractivity contribution in [1.82, 2.24) is 4.57 Å². The molecular formula is C21H25IN2. The summed E-state index contributed by atoms with van der Waals surface area (Å²) in [5, 5.41) is 0. The van der Waals surface area contributed by atoms with E-state index in [-0.39, 0.29) is 24.0 Å². The molecule has 0 spiro atoms. The van der Waals surface area contributed by atoms with Gasteiger partial charge < -0.3 is 24.0 Å². The molecule has 0 aliphatic heterocycles. The molecule has 0 aliphatic carbocycles. The molecule has 0 unspecified atom stereocenters. The van der Waals surface area contributed by atoms with Gasteiger partial charge in [-0.3, -0.25) is 0 Å². The normalized spacial score (nSPS) is 10.5. The van der Waals surface area contributed by atoms with Crippen LogP contribution in [0.4, 0.5) is 0 Å². The van der Waals surface area contributed by atoms with Crippen molar-refractivity contribution in [3.8, 4) is 11.4 Å². The summed E-state index contributed by atoms with van der Waals surface area (Å²) in [6.07, 6.45) is 0. The molecule has 3 aromatic rings. The minimum absolute atomic E-state index is 0. The first-order chi connectivity index (χ1) is 11.0. The fourth-order valence-electron chi connectivity index (χ4n) is 3.37. The molecule has 3 rings (SSSR count). The zero-order chi connectivity index (χ0) is 16.6. The largest absolute Gasteiger partial charge is 1.00 e. The second-order valence-electron chi connectivity index (χ2n) is 6.39. The zero-order valence-corrected chi connectivity index (χ0v) is 17.3. The molecule has 0 saturated carbocycles. The molecule has 0 aliphatic rings. The van der Waals surface area contributed by atoms with E-state index in [1.165, 1.54) is 39.5 Å². The number of hydrogen-bond donors (Lipinski definition) is 0. The Morgan fingerprint density at radius 2 is 1.42 bits per heavy atom. The zero-order valence-electron chi connectivity index (χ0n) is 15.1. The summed E-state index contributed by atoms with van der Waals surface area (Å²) in [5.74, 6) is 1.29. The highest BCUT2D eigenvalue weighted by Gasteiger charge is 2.27. The molecule has 3 heteroatoms. The highest BCUT2D eigenvalue weighted by Crippen LogP contribution is 2.27. The van der Waals surface area contributed by atoms with E-state index < -0.39 is 0 Å². The molecule has 0 bridgehead atoms. The van der Waals surface area contributed by atoms with E-state index >= 15 is 0 Å². The van der Waals surface area contributed by atoms with Crippen LogP contribution in [-0.4, -0.2) is 4.57 Å². The van der Waals surface area contributed by atoms with Crippen molar-refractivity contribution in [2.75, 3.05) is 0 Å². The first kappa shape index (κ1) is 18.7. The minimum atomic E-state index is 0. The maximum absolute atomic E-state index is 2.44. The van der Waals surface area contributed by atoms with Gasteiger partial charge in [-0.2, -0.15) is 0 Å². The summed E-state index contributed by atoms with van der Waals surface area (Å²) in [7, 11) is 2.17. The number of halogens is 1. The van der Waals surface area contributed by atoms with Crippen molar-refractivity contribution in [2.24, 2.45) is 7.05 Å². The van der Waals surface area contributed by atoms with Gasteiger partial charge in [0, 0.05) is 13.8 Å². The Bertz CT molecular complexity index is 828. The highest BCUT2D eigenvalue weighted by atomic mass is 127. The van der Waals surface area contributed by atoms with Crippen LogP contribution in [0.2, 0.25) is 0 Å². The van der Waals surface area contributed by atoms with Gasteiger partial charge in [0.05, 0.1) is 12.6 Å². The van der Waals surface area contributed by atoms with Crippen LogP contribution in [0.3, 0.4) is 0 Å². The maximum Gasteiger partial charge on any atom is 0.289 e. The van der Waals surface area contributed by atoms with Gasteiger partial charge >= 0.3 is 0 Å². The van der Waals surface area contributed by atoms with E-state index in [4.69, 9.17) is 0 Å². The van der Waals surface area contributed by atoms with E-state index in [1.807, 2.05) is 0 Å². The Hall–Kier alpha value is -1.62. The first-order valence-electron chi connectivity index (χ1n) is 8.17. The van der Waals surface area contributed by atoms with Crippen LogP contribution in [0.1, 0.15) is 28.1 Å². The van der Waals surface area contributed by atoms with Gasteiger partial charge in [-0.1, -0.05) is 48.5 Å². The lowest BCUT2D eigenvalue weighted by molar-refractivity contribution is -0.665. The van der Waals surface area contributed by atoms with E-state index in [1.54, 1.807) is 0 Å². The van der Waals surface area contributed by atoms with E-state index in [9.17, 15) is 0 Å². The van der Waals surface area contributed by atoms with Crippen molar-refractivity contribution in [3.05, 3.63) is 76.6 Å². The van der Waals surface area contributed by atoms with Crippen molar-refractivity contribution < 1.29 is 28.5 Å². The van der Waals surface area contributed by atoms with Crippen molar-refractivity contribution >= 4 is 0 Å². The van der Waals surface area contributed by atoms with Gasteiger partial charge in [0.2, 0.25) is 0 Å². The second kappa shape index (κ2) is 7.51. The van der Waals surface area contributed by atoms with Crippen LogP contribution >= 0.6 is 0 Å². The monoisotopic (exact) mass is 432 g/mol. The highest BCUT2D eigenvalue weighted by molar-refractivity contribution is 5.63. The van der Waals surface area contributed by atoms with E-state index in [0.29, 0.717) is 0 Å². The SMILES string of the molecule is Cc1cccc(C)c1-c1n(Cc2ccccc2)c(C)c(C)[n+]1C.[I-]. The topological polar surface area (TPSA) is 8.81 Å². The van der Waals surface area contributed by atoms with Crippen LogP contribution in [0, 0.1) is 27.7 Å². The predicted octanol–water partition coefficient (Wildman–Crippen LogP) is 1.27. The Balaban J connectivity index is 0.00000208. The fourth-order valence-corrected chi connectivity index (χ4v) is 3.37. The minimum Gasteiger partial charge on any atom is -1.00 e. The van der Waals surface area contributed by atoms with Gasteiger partial charge in [0.25, 0.3) is 5.82 Å². The Labute approximate surface area is 162 Å². The number of benzene rings is 2. The number of rotatable bonds is 3. The summed E-state index contributed by atoms with van der Waals surface area (Å²) < 4.78 is 4.77. The summed E-state index contributed by atoms with van der Waals surface area (Å²) >= 11 is 0. The average Bonchev–Trinajstić information content (AvgIpc) is 2.74. The van der Waals surface area contributed by atoms with E-state index in [0.717, 1.165) is 6.54 Å². The standard InChI is InChI=1S/C21H25N2.HI/c1-15-10-9-11-16(2)20(15)21-22(5)17(3)18(4)23(21)14-19-12-7-6-8-13-19;/h6-13H,14H2,1-5H3;1H/q+1;/p-1. The lowest BCUT2D eigenvalue weighted by Gasteiger charge is -2.10. The third kappa shape index (κ3) is 3.27. The predicted molar refractivity (Wildman–Crippen MR) is 95.5 cm³/mol. The third-order valence-electron chi connectivity index (χ3n) is 4.89. The summed E-state index contributed by atoms with van der Waals surface area (Å²) in [6, 6.07) is 17.2. The molecule has 1 heterocycles. The van der Waals surface area contributed by atoms with Gasteiger partial charge in [-0.25, -0.2) is 9.13 Å². The molecular weight excluding hydrogens is 407 g/mol. The quantitative estimate of drug-likeness (QED) is 0.436. The number of nitrogens with zero attached hydrogens (tertiary/aromatic N) is 2.